The molecule has 0 aliphatic carbocycles. The molecule has 12 heavy (non-hydrogen) atoms. The van der Waals surface area contributed by atoms with Gasteiger partial charge in [0.05, 0.1) is 0 Å². The van der Waals surface area contributed by atoms with Crippen molar-refractivity contribution in [3.63, 3.8) is 0 Å². The summed E-state index contributed by atoms with van der Waals surface area (Å²) in [6, 6.07) is 0. The first kappa shape index (κ1) is 9.15. The Bertz CT molecular complexity index is 268. The number of halogens is 1. The van der Waals surface area contributed by atoms with Crippen LogP contribution in [0.2, 0.25) is 5.28 Å². The van der Waals surface area contributed by atoms with Gasteiger partial charge in [-0.25, -0.2) is 10.5 Å². The van der Waals surface area contributed by atoms with Gasteiger partial charge in [0.25, 0.3) is 5.95 Å². The third-order valence-electron chi connectivity index (χ3n) is 1.23. The van der Waals surface area contributed by atoms with Gasteiger partial charge in [-0.1, -0.05) is 6.92 Å². The number of aryl methyl sites for hydroxylation is 1. The number of nitrogens with one attached hydrogen (secondary N) is 1. The summed E-state index contributed by atoms with van der Waals surface area (Å²) < 4.78 is 0. The van der Waals surface area contributed by atoms with Gasteiger partial charge in [0, 0.05) is 6.42 Å². The molecule has 0 radical (unpaired) electrons. The molecule has 1 aromatic rings. The zero-order chi connectivity index (χ0) is 8.97. The molecular weight excluding hydrogens is 180 g/mol. The molecule has 0 atom stereocenters. The zero-order valence-corrected chi connectivity index (χ0v) is 7.34. The molecule has 1 rings (SSSR count). The summed E-state index contributed by atoms with van der Waals surface area (Å²) in [4.78, 5) is 11.4. The molecule has 0 spiro atoms. The highest BCUT2D eigenvalue weighted by Crippen LogP contribution is 2.06. The Balaban J connectivity index is 2.90. The van der Waals surface area contributed by atoms with E-state index in [2.05, 4.69) is 15.0 Å². The van der Waals surface area contributed by atoms with Crippen LogP contribution >= 0.6 is 11.6 Å². The van der Waals surface area contributed by atoms with E-state index in [1.54, 1.807) is 0 Å². The van der Waals surface area contributed by atoms with E-state index in [4.69, 9.17) is 16.8 Å². The van der Waals surface area contributed by atoms with Crippen LogP contribution < -0.4 is 5.48 Å². The molecule has 2 N–H and O–H groups in total. The Kier molecular flexibility index (Phi) is 3.19. The second-order valence-electron chi connectivity index (χ2n) is 2.21. The largest absolute Gasteiger partial charge is 0.288 e. The summed E-state index contributed by atoms with van der Waals surface area (Å²) in [7, 11) is 0. The van der Waals surface area contributed by atoms with Gasteiger partial charge >= 0.3 is 0 Å². The van der Waals surface area contributed by atoms with Crippen molar-refractivity contribution in [1.29, 1.82) is 0 Å². The molecule has 0 fully saturated rings. The number of rotatable bonds is 3. The quantitative estimate of drug-likeness (QED) is 0.700. The first-order valence-corrected chi connectivity index (χ1v) is 3.94. The van der Waals surface area contributed by atoms with Gasteiger partial charge in [0.15, 0.2) is 0 Å². The topological polar surface area (TPSA) is 70.9 Å². The van der Waals surface area contributed by atoms with Gasteiger partial charge in [-0.2, -0.15) is 9.97 Å². The Labute approximate surface area is 74.8 Å². The van der Waals surface area contributed by atoms with Crippen LogP contribution in [0.3, 0.4) is 0 Å². The lowest BCUT2D eigenvalue weighted by molar-refractivity contribution is 0.381. The zero-order valence-electron chi connectivity index (χ0n) is 6.58. The third-order valence-corrected chi connectivity index (χ3v) is 1.40. The standard InChI is InChI=1S/C6H9ClN4O/c1-2-3-4-8-5(7)10-6(9-4)11-12/h12H,2-3H2,1H3,(H,8,9,10,11). The van der Waals surface area contributed by atoms with Crippen molar-refractivity contribution in [2.24, 2.45) is 0 Å². The molecule has 1 aromatic heterocycles. The molecular formula is C6H9ClN4O. The first-order chi connectivity index (χ1) is 5.76. The smallest absolute Gasteiger partial charge is 0.251 e. The maximum atomic E-state index is 8.49. The van der Waals surface area contributed by atoms with Crippen LogP contribution in [-0.4, -0.2) is 20.2 Å². The maximum absolute atomic E-state index is 8.49. The van der Waals surface area contributed by atoms with Crippen molar-refractivity contribution in [1.82, 2.24) is 15.0 Å². The van der Waals surface area contributed by atoms with Crippen LogP contribution in [0, 0.1) is 0 Å². The maximum Gasteiger partial charge on any atom is 0.251 e. The minimum absolute atomic E-state index is 0.0819. The minimum Gasteiger partial charge on any atom is -0.288 e. The van der Waals surface area contributed by atoms with E-state index in [0.29, 0.717) is 5.82 Å². The van der Waals surface area contributed by atoms with E-state index in [1.165, 1.54) is 0 Å². The molecule has 0 aliphatic rings. The fourth-order valence-corrected chi connectivity index (χ4v) is 0.954. The monoisotopic (exact) mass is 188 g/mol. The second kappa shape index (κ2) is 4.18. The van der Waals surface area contributed by atoms with Crippen LogP contribution in [0.15, 0.2) is 0 Å². The molecule has 0 aromatic carbocycles. The highest BCUT2D eigenvalue weighted by atomic mass is 35.5. The molecule has 0 saturated carbocycles. The van der Waals surface area contributed by atoms with Crippen molar-refractivity contribution in [3.05, 3.63) is 11.1 Å². The molecule has 0 aliphatic heterocycles. The van der Waals surface area contributed by atoms with Gasteiger partial charge in [-0.05, 0) is 18.0 Å². The van der Waals surface area contributed by atoms with Gasteiger partial charge in [0.1, 0.15) is 5.82 Å². The number of hydrogen-bond donors (Lipinski definition) is 2. The molecule has 6 heteroatoms. The predicted molar refractivity (Wildman–Crippen MR) is 44.2 cm³/mol. The van der Waals surface area contributed by atoms with Crippen molar-refractivity contribution < 1.29 is 5.21 Å². The number of hydrogen-bond acceptors (Lipinski definition) is 5. The molecule has 0 unspecified atom stereocenters. The average Bonchev–Trinajstić information content (AvgIpc) is 2.04. The normalized spacial score (nSPS) is 9.92. The number of nitrogens with zero attached hydrogens (tertiary/aromatic N) is 3. The lowest BCUT2D eigenvalue weighted by Gasteiger charge is -2.00. The van der Waals surface area contributed by atoms with Crippen molar-refractivity contribution >= 4 is 17.5 Å². The second-order valence-corrected chi connectivity index (χ2v) is 2.54. The van der Waals surface area contributed by atoms with Crippen LogP contribution in [0.25, 0.3) is 0 Å². The highest BCUT2D eigenvalue weighted by molar-refractivity contribution is 6.28. The van der Waals surface area contributed by atoms with Gasteiger partial charge < -0.3 is 0 Å². The molecule has 0 saturated heterocycles. The Morgan fingerprint density at radius 2 is 2.17 bits per heavy atom. The predicted octanol–water partition coefficient (Wildman–Crippen LogP) is 1.28. The van der Waals surface area contributed by atoms with E-state index < -0.39 is 0 Å². The fourth-order valence-electron chi connectivity index (χ4n) is 0.777. The molecule has 1 heterocycles. The Hall–Kier alpha value is -0.940. The van der Waals surface area contributed by atoms with Crippen LogP contribution in [-0.2, 0) is 6.42 Å². The number of anilines is 1. The number of aromatic nitrogens is 3. The SMILES string of the molecule is CCCc1nc(Cl)nc(NO)n1. The van der Waals surface area contributed by atoms with Gasteiger partial charge in [-0.15, -0.1) is 0 Å². The summed E-state index contributed by atoms with van der Waals surface area (Å²) in [6.45, 7) is 2.00. The van der Waals surface area contributed by atoms with Crippen LogP contribution in [0.4, 0.5) is 5.95 Å². The summed E-state index contributed by atoms with van der Waals surface area (Å²) >= 11 is 5.55. The molecule has 66 valence electrons. The minimum atomic E-state index is 0.0819. The van der Waals surface area contributed by atoms with Crippen molar-refractivity contribution in [3.8, 4) is 0 Å². The summed E-state index contributed by atoms with van der Waals surface area (Å²) in [5, 5.41) is 8.58. The summed E-state index contributed by atoms with van der Waals surface area (Å²) in [5.74, 6) is 0.660. The van der Waals surface area contributed by atoms with E-state index in [0.717, 1.165) is 12.8 Å². The summed E-state index contributed by atoms with van der Waals surface area (Å²) in [5.41, 5.74) is 1.82. The van der Waals surface area contributed by atoms with Gasteiger partial charge in [-0.3, -0.25) is 5.21 Å². The fraction of sp³-hybridized carbons (Fsp3) is 0.500. The van der Waals surface area contributed by atoms with E-state index >= 15 is 0 Å². The van der Waals surface area contributed by atoms with E-state index in [-0.39, 0.29) is 11.2 Å². The highest BCUT2D eigenvalue weighted by Gasteiger charge is 2.02. The van der Waals surface area contributed by atoms with Crippen LogP contribution in [0.1, 0.15) is 19.2 Å². The van der Waals surface area contributed by atoms with Crippen molar-refractivity contribution in [2.75, 3.05) is 5.48 Å². The molecule has 0 amide bonds. The lowest BCUT2D eigenvalue weighted by atomic mass is 10.3. The third kappa shape index (κ3) is 2.28. The molecule has 0 bridgehead atoms. The average molecular weight is 189 g/mol. The van der Waals surface area contributed by atoms with E-state index in [1.807, 2.05) is 12.4 Å². The van der Waals surface area contributed by atoms with Crippen molar-refractivity contribution in [2.45, 2.75) is 19.8 Å². The van der Waals surface area contributed by atoms with E-state index in [9.17, 15) is 0 Å². The van der Waals surface area contributed by atoms with Gasteiger partial charge in [0.2, 0.25) is 5.28 Å². The lowest BCUT2D eigenvalue weighted by Crippen LogP contribution is -2.03. The Morgan fingerprint density at radius 3 is 2.75 bits per heavy atom. The van der Waals surface area contributed by atoms with Crippen LogP contribution in [0.5, 0.6) is 0 Å². The summed E-state index contributed by atoms with van der Waals surface area (Å²) in [6.07, 6.45) is 1.64. The Morgan fingerprint density at radius 1 is 1.42 bits per heavy atom. The molecule has 5 nitrogen and oxygen atoms in total. The first-order valence-electron chi connectivity index (χ1n) is 3.56.